The number of carbonyl (C=O) groups is 1. The minimum absolute atomic E-state index is 0.0995. The lowest BCUT2D eigenvalue weighted by molar-refractivity contribution is -0.126. The van der Waals surface area contributed by atoms with Crippen LogP contribution in [-0.2, 0) is 4.79 Å². The SMILES string of the molecule is C=C[C@H]1CNC(=O)[C@@H]1O. The van der Waals surface area contributed by atoms with Crippen LogP contribution in [0.5, 0.6) is 0 Å². The van der Waals surface area contributed by atoms with Crippen molar-refractivity contribution in [3.63, 3.8) is 0 Å². The third kappa shape index (κ3) is 0.954. The van der Waals surface area contributed by atoms with E-state index in [1.54, 1.807) is 6.08 Å². The zero-order chi connectivity index (χ0) is 6.85. The smallest absolute Gasteiger partial charge is 0.249 e. The van der Waals surface area contributed by atoms with Crippen molar-refractivity contribution in [2.45, 2.75) is 6.10 Å². The van der Waals surface area contributed by atoms with Gasteiger partial charge < -0.3 is 10.4 Å². The summed E-state index contributed by atoms with van der Waals surface area (Å²) in [4.78, 5) is 10.5. The molecular weight excluding hydrogens is 118 g/mol. The summed E-state index contributed by atoms with van der Waals surface area (Å²) in [6.45, 7) is 3.99. The summed E-state index contributed by atoms with van der Waals surface area (Å²) in [5.41, 5.74) is 0. The van der Waals surface area contributed by atoms with Crippen LogP contribution in [0.3, 0.4) is 0 Å². The summed E-state index contributed by atoms with van der Waals surface area (Å²) in [6, 6.07) is 0. The molecule has 2 N–H and O–H groups in total. The first-order chi connectivity index (χ1) is 4.25. The molecule has 1 amide bonds. The van der Waals surface area contributed by atoms with Gasteiger partial charge in [0.25, 0.3) is 0 Å². The maximum atomic E-state index is 10.5. The van der Waals surface area contributed by atoms with Crippen LogP contribution in [0.2, 0.25) is 0 Å². The largest absolute Gasteiger partial charge is 0.383 e. The lowest BCUT2D eigenvalue weighted by Crippen LogP contribution is -2.23. The van der Waals surface area contributed by atoms with Crippen molar-refractivity contribution in [1.82, 2.24) is 5.32 Å². The lowest BCUT2D eigenvalue weighted by Gasteiger charge is -2.02. The molecule has 2 atom stereocenters. The zero-order valence-corrected chi connectivity index (χ0v) is 5.00. The topological polar surface area (TPSA) is 49.3 Å². The van der Waals surface area contributed by atoms with E-state index in [0.29, 0.717) is 6.54 Å². The summed E-state index contributed by atoms with van der Waals surface area (Å²) in [7, 11) is 0. The Bertz CT molecular complexity index is 144. The molecule has 50 valence electrons. The van der Waals surface area contributed by atoms with E-state index >= 15 is 0 Å². The average Bonchev–Trinajstić information content (AvgIpc) is 2.15. The fourth-order valence-corrected chi connectivity index (χ4v) is 0.841. The predicted molar refractivity (Wildman–Crippen MR) is 32.7 cm³/mol. The van der Waals surface area contributed by atoms with E-state index in [4.69, 9.17) is 5.11 Å². The van der Waals surface area contributed by atoms with Gasteiger partial charge >= 0.3 is 0 Å². The van der Waals surface area contributed by atoms with Crippen molar-refractivity contribution in [3.05, 3.63) is 12.7 Å². The van der Waals surface area contributed by atoms with Crippen LogP contribution >= 0.6 is 0 Å². The van der Waals surface area contributed by atoms with Gasteiger partial charge in [-0.2, -0.15) is 0 Å². The molecule has 1 rings (SSSR count). The minimum Gasteiger partial charge on any atom is -0.383 e. The van der Waals surface area contributed by atoms with Gasteiger partial charge in [0.2, 0.25) is 5.91 Å². The molecule has 0 aliphatic carbocycles. The van der Waals surface area contributed by atoms with Crippen LogP contribution in [0.1, 0.15) is 0 Å². The van der Waals surface area contributed by atoms with Gasteiger partial charge in [-0.3, -0.25) is 4.79 Å². The Morgan fingerprint density at radius 2 is 2.56 bits per heavy atom. The van der Waals surface area contributed by atoms with Crippen LogP contribution in [-0.4, -0.2) is 23.7 Å². The zero-order valence-electron chi connectivity index (χ0n) is 5.00. The number of hydrogen-bond donors (Lipinski definition) is 2. The molecule has 1 heterocycles. The van der Waals surface area contributed by atoms with E-state index in [1.165, 1.54) is 0 Å². The number of amides is 1. The van der Waals surface area contributed by atoms with Crippen LogP contribution in [0.15, 0.2) is 12.7 Å². The number of carbonyl (C=O) groups excluding carboxylic acids is 1. The van der Waals surface area contributed by atoms with Gasteiger partial charge in [-0.1, -0.05) is 6.08 Å². The molecular formula is C6H9NO2. The number of aliphatic hydroxyl groups excluding tert-OH is 1. The van der Waals surface area contributed by atoms with Gasteiger partial charge in [-0.15, -0.1) is 6.58 Å². The Hall–Kier alpha value is -0.830. The molecule has 0 unspecified atom stereocenters. The van der Waals surface area contributed by atoms with Crippen molar-refractivity contribution in [3.8, 4) is 0 Å². The van der Waals surface area contributed by atoms with Crippen molar-refractivity contribution < 1.29 is 9.90 Å². The standard InChI is InChI=1S/C6H9NO2/c1-2-4-3-7-6(9)5(4)8/h2,4-5,8H,1,3H2,(H,7,9)/t4-,5+/m0/s1. The van der Waals surface area contributed by atoms with Crippen molar-refractivity contribution in [2.24, 2.45) is 5.92 Å². The third-order valence-electron chi connectivity index (χ3n) is 1.49. The van der Waals surface area contributed by atoms with Crippen LogP contribution in [0.25, 0.3) is 0 Å². The van der Waals surface area contributed by atoms with Crippen molar-refractivity contribution >= 4 is 5.91 Å². The first-order valence-corrected chi connectivity index (χ1v) is 2.84. The molecule has 3 heteroatoms. The van der Waals surface area contributed by atoms with Crippen molar-refractivity contribution in [1.29, 1.82) is 0 Å². The number of hydrogen-bond acceptors (Lipinski definition) is 2. The van der Waals surface area contributed by atoms with E-state index in [2.05, 4.69) is 11.9 Å². The van der Waals surface area contributed by atoms with Gasteiger partial charge in [0, 0.05) is 12.5 Å². The van der Waals surface area contributed by atoms with Gasteiger partial charge in [-0.25, -0.2) is 0 Å². The molecule has 0 aromatic rings. The van der Waals surface area contributed by atoms with E-state index < -0.39 is 6.10 Å². The highest BCUT2D eigenvalue weighted by molar-refractivity contribution is 5.83. The van der Waals surface area contributed by atoms with E-state index in [1.807, 2.05) is 0 Å². The Balaban J connectivity index is 2.61. The van der Waals surface area contributed by atoms with Crippen LogP contribution in [0, 0.1) is 5.92 Å². The monoisotopic (exact) mass is 127 g/mol. The fourth-order valence-electron chi connectivity index (χ4n) is 0.841. The molecule has 0 radical (unpaired) electrons. The molecule has 0 aromatic heterocycles. The number of nitrogens with one attached hydrogen (secondary N) is 1. The van der Waals surface area contributed by atoms with Crippen LogP contribution in [0.4, 0.5) is 0 Å². The molecule has 1 fully saturated rings. The molecule has 3 nitrogen and oxygen atoms in total. The second-order valence-corrected chi connectivity index (χ2v) is 2.09. The first kappa shape index (κ1) is 6.29. The third-order valence-corrected chi connectivity index (χ3v) is 1.49. The van der Waals surface area contributed by atoms with E-state index in [-0.39, 0.29) is 11.8 Å². The molecule has 1 saturated heterocycles. The molecule has 0 saturated carbocycles. The highest BCUT2D eigenvalue weighted by atomic mass is 16.3. The molecule has 0 spiro atoms. The van der Waals surface area contributed by atoms with Gasteiger partial charge in [0.05, 0.1) is 0 Å². The first-order valence-electron chi connectivity index (χ1n) is 2.84. The highest BCUT2D eigenvalue weighted by Gasteiger charge is 2.29. The molecule has 1 aliphatic rings. The number of rotatable bonds is 1. The van der Waals surface area contributed by atoms with Gasteiger partial charge in [0.15, 0.2) is 0 Å². The maximum absolute atomic E-state index is 10.5. The van der Waals surface area contributed by atoms with Gasteiger partial charge in [-0.05, 0) is 0 Å². The molecule has 0 aromatic carbocycles. The molecule has 1 aliphatic heterocycles. The fraction of sp³-hybridized carbons (Fsp3) is 0.500. The molecule has 0 bridgehead atoms. The van der Waals surface area contributed by atoms with Crippen molar-refractivity contribution in [2.75, 3.05) is 6.54 Å². The Morgan fingerprint density at radius 3 is 2.78 bits per heavy atom. The average molecular weight is 127 g/mol. The quantitative estimate of drug-likeness (QED) is 0.457. The minimum atomic E-state index is -0.873. The normalized spacial score (nSPS) is 34.1. The van der Waals surface area contributed by atoms with Gasteiger partial charge in [0.1, 0.15) is 6.10 Å². The summed E-state index contributed by atoms with van der Waals surface area (Å²) in [5.74, 6) is -0.391. The maximum Gasteiger partial charge on any atom is 0.249 e. The Labute approximate surface area is 53.4 Å². The highest BCUT2D eigenvalue weighted by Crippen LogP contribution is 2.09. The van der Waals surface area contributed by atoms with Crippen LogP contribution < -0.4 is 5.32 Å². The summed E-state index contributed by atoms with van der Waals surface area (Å²) < 4.78 is 0. The number of aliphatic hydroxyl groups is 1. The van der Waals surface area contributed by atoms with E-state index in [0.717, 1.165) is 0 Å². The van der Waals surface area contributed by atoms with E-state index in [9.17, 15) is 4.79 Å². The summed E-state index contributed by atoms with van der Waals surface area (Å²) in [6.07, 6.45) is 0.713. The summed E-state index contributed by atoms with van der Waals surface area (Å²) in [5, 5.41) is 11.5. The lowest BCUT2D eigenvalue weighted by atomic mass is 10.1. The second kappa shape index (κ2) is 2.19. The summed E-state index contributed by atoms with van der Waals surface area (Å²) >= 11 is 0. The predicted octanol–water partition coefficient (Wildman–Crippen LogP) is -0.721. The molecule has 9 heavy (non-hydrogen) atoms. The Kier molecular flexibility index (Phi) is 1.53. The Morgan fingerprint density at radius 1 is 1.89 bits per heavy atom. The second-order valence-electron chi connectivity index (χ2n) is 2.09.